The molecule has 0 atom stereocenters. The Morgan fingerprint density at radius 3 is 2.67 bits per heavy atom. The lowest BCUT2D eigenvalue weighted by Crippen LogP contribution is -2.15. The van der Waals surface area contributed by atoms with Crippen molar-refractivity contribution in [2.45, 2.75) is 12.2 Å². The van der Waals surface area contributed by atoms with Gasteiger partial charge in [0.25, 0.3) is 0 Å². The molecule has 7 heteroatoms. The van der Waals surface area contributed by atoms with E-state index in [2.05, 4.69) is 4.74 Å². The number of nitrogen functional groups attached to an aromatic ring is 1. The molecule has 0 aliphatic heterocycles. The minimum Gasteiger partial charge on any atom is -0.469 e. The van der Waals surface area contributed by atoms with E-state index >= 15 is 0 Å². The highest BCUT2D eigenvalue weighted by Crippen LogP contribution is 2.19. The number of anilines is 1. The van der Waals surface area contributed by atoms with E-state index in [0.29, 0.717) is 0 Å². The number of hydrogen-bond acceptors (Lipinski definition) is 5. The van der Waals surface area contributed by atoms with Crippen LogP contribution >= 0.6 is 0 Å². The van der Waals surface area contributed by atoms with Crippen LogP contribution in [0.3, 0.4) is 0 Å². The van der Waals surface area contributed by atoms with E-state index in [0.717, 1.165) is 6.07 Å². The summed E-state index contributed by atoms with van der Waals surface area (Å²) in [6.45, 7) is 0. The Morgan fingerprint density at radius 1 is 1.44 bits per heavy atom. The van der Waals surface area contributed by atoms with Crippen LogP contribution in [-0.2, 0) is 25.1 Å². The van der Waals surface area contributed by atoms with Crippen LogP contribution < -0.4 is 5.73 Å². The van der Waals surface area contributed by atoms with Gasteiger partial charge in [-0.05, 0) is 12.1 Å². The Bertz CT molecular complexity index is 522. The number of ether oxygens (including phenoxy) is 1. The van der Waals surface area contributed by atoms with Crippen molar-refractivity contribution in [3.8, 4) is 0 Å². The van der Waals surface area contributed by atoms with Crippen molar-refractivity contribution < 1.29 is 22.3 Å². The third-order valence-corrected chi connectivity index (χ3v) is 3.92. The number of esters is 1. The lowest BCUT2D eigenvalue weighted by Gasteiger charge is -2.07. The molecule has 0 saturated carbocycles. The zero-order valence-corrected chi connectivity index (χ0v) is 10.7. The highest BCUT2D eigenvalue weighted by Gasteiger charge is 2.18. The molecule has 0 radical (unpaired) electrons. The summed E-state index contributed by atoms with van der Waals surface area (Å²) in [4.78, 5) is 10.9. The molecule has 0 aliphatic carbocycles. The number of carbonyl (C=O) groups is 1. The van der Waals surface area contributed by atoms with Crippen LogP contribution in [0, 0.1) is 5.82 Å². The number of rotatable bonds is 5. The van der Waals surface area contributed by atoms with E-state index in [1.807, 2.05) is 0 Å². The van der Waals surface area contributed by atoms with Crippen LogP contribution in [0.1, 0.15) is 12.0 Å². The lowest BCUT2D eigenvalue weighted by atomic mass is 10.2. The summed E-state index contributed by atoms with van der Waals surface area (Å²) in [7, 11) is -2.44. The van der Waals surface area contributed by atoms with Gasteiger partial charge in [-0.25, -0.2) is 12.8 Å². The normalized spacial score (nSPS) is 11.2. The predicted octanol–water partition coefficient (Wildman–Crippen LogP) is 0.886. The quantitative estimate of drug-likeness (QED) is 0.637. The van der Waals surface area contributed by atoms with Gasteiger partial charge in [-0.1, -0.05) is 6.07 Å². The number of halogens is 1. The second-order valence-corrected chi connectivity index (χ2v) is 5.91. The molecule has 0 aromatic heterocycles. The number of hydrogen-bond donors (Lipinski definition) is 1. The minimum absolute atomic E-state index is 0.0673. The van der Waals surface area contributed by atoms with Crippen LogP contribution in [0.4, 0.5) is 10.1 Å². The maximum atomic E-state index is 13.4. The molecule has 0 bridgehead atoms. The van der Waals surface area contributed by atoms with Crippen molar-refractivity contribution in [3.63, 3.8) is 0 Å². The highest BCUT2D eigenvalue weighted by molar-refractivity contribution is 7.90. The summed E-state index contributed by atoms with van der Waals surface area (Å²) in [5, 5.41) is 0. The van der Waals surface area contributed by atoms with Crippen LogP contribution in [-0.4, -0.2) is 27.2 Å². The Morgan fingerprint density at radius 2 is 2.11 bits per heavy atom. The molecule has 0 heterocycles. The summed E-state index contributed by atoms with van der Waals surface area (Å²) < 4.78 is 41.1. The van der Waals surface area contributed by atoms with E-state index in [4.69, 9.17) is 5.73 Å². The van der Waals surface area contributed by atoms with Gasteiger partial charge in [0.15, 0.2) is 9.84 Å². The molecule has 5 nitrogen and oxygen atoms in total. The third kappa shape index (κ3) is 3.99. The molecular weight excluding hydrogens is 261 g/mol. The van der Waals surface area contributed by atoms with Crippen LogP contribution in [0.2, 0.25) is 0 Å². The van der Waals surface area contributed by atoms with Gasteiger partial charge in [0.05, 0.1) is 25.0 Å². The van der Waals surface area contributed by atoms with E-state index in [1.54, 1.807) is 0 Å². The number of methoxy groups -OCH3 is 1. The van der Waals surface area contributed by atoms with Gasteiger partial charge in [-0.2, -0.15) is 0 Å². The lowest BCUT2D eigenvalue weighted by molar-refractivity contribution is -0.140. The van der Waals surface area contributed by atoms with Gasteiger partial charge in [-0.3, -0.25) is 4.79 Å². The van der Waals surface area contributed by atoms with Crippen molar-refractivity contribution in [3.05, 3.63) is 29.6 Å². The molecule has 0 spiro atoms. The largest absolute Gasteiger partial charge is 0.469 e. The zero-order valence-electron chi connectivity index (χ0n) is 9.85. The Balaban J connectivity index is 2.80. The summed E-state index contributed by atoms with van der Waals surface area (Å²) in [6.07, 6.45) is -0.257. The molecule has 0 fully saturated rings. The molecule has 1 aromatic rings. The molecule has 2 N–H and O–H groups in total. The maximum absolute atomic E-state index is 13.4. The Hall–Kier alpha value is -1.63. The van der Waals surface area contributed by atoms with E-state index in [1.165, 1.54) is 19.2 Å². The second kappa shape index (κ2) is 5.81. The maximum Gasteiger partial charge on any atom is 0.306 e. The second-order valence-electron chi connectivity index (χ2n) is 3.73. The van der Waals surface area contributed by atoms with Crippen molar-refractivity contribution in [2.24, 2.45) is 0 Å². The van der Waals surface area contributed by atoms with Crippen LogP contribution in [0.25, 0.3) is 0 Å². The molecule has 18 heavy (non-hydrogen) atoms. The third-order valence-electron chi connectivity index (χ3n) is 2.36. The van der Waals surface area contributed by atoms with Gasteiger partial charge >= 0.3 is 5.97 Å². The van der Waals surface area contributed by atoms with Crippen molar-refractivity contribution in [1.29, 1.82) is 0 Å². The van der Waals surface area contributed by atoms with Crippen LogP contribution in [0.5, 0.6) is 0 Å². The molecule has 0 aliphatic rings. The first-order valence-electron chi connectivity index (χ1n) is 5.16. The topological polar surface area (TPSA) is 86.5 Å². The summed E-state index contributed by atoms with van der Waals surface area (Å²) in [5.41, 5.74) is 5.53. The fourth-order valence-corrected chi connectivity index (χ4v) is 2.73. The Kier molecular flexibility index (Phi) is 4.66. The van der Waals surface area contributed by atoms with Gasteiger partial charge in [0.2, 0.25) is 0 Å². The molecule has 0 unspecified atom stereocenters. The van der Waals surface area contributed by atoms with Gasteiger partial charge < -0.3 is 10.5 Å². The van der Waals surface area contributed by atoms with Gasteiger partial charge in [0, 0.05) is 11.3 Å². The summed E-state index contributed by atoms with van der Waals surface area (Å²) in [5.74, 6) is -2.22. The molecule has 1 aromatic carbocycles. The summed E-state index contributed by atoms with van der Waals surface area (Å²) in [6, 6.07) is 3.96. The molecule has 100 valence electrons. The molecule has 1 rings (SSSR count). The number of carbonyl (C=O) groups excluding carboxylic acids is 1. The first-order chi connectivity index (χ1) is 8.35. The van der Waals surface area contributed by atoms with Crippen molar-refractivity contribution in [1.82, 2.24) is 0 Å². The van der Waals surface area contributed by atoms with Crippen molar-refractivity contribution in [2.75, 3.05) is 18.6 Å². The minimum atomic E-state index is -3.61. The molecule has 0 amide bonds. The monoisotopic (exact) mass is 275 g/mol. The smallest absolute Gasteiger partial charge is 0.306 e. The SMILES string of the molecule is COC(=O)CCS(=O)(=O)Cc1c(N)cccc1F. The van der Waals surface area contributed by atoms with E-state index in [-0.39, 0.29) is 17.7 Å². The van der Waals surface area contributed by atoms with Crippen LogP contribution in [0.15, 0.2) is 18.2 Å². The standard InChI is InChI=1S/C11H14FNO4S/c1-17-11(14)5-6-18(15,16)7-8-9(12)3-2-4-10(8)13/h2-4H,5-7,13H2,1H3. The number of nitrogens with two attached hydrogens (primary N) is 1. The zero-order chi connectivity index (χ0) is 13.8. The average Bonchev–Trinajstić information content (AvgIpc) is 2.31. The van der Waals surface area contributed by atoms with Gasteiger partial charge in [0.1, 0.15) is 5.82 Å². The fraction of sp³-hybridized carbons (Fsp3) is 0.364. The molecule has 0 saturated heterocycles. The first-order valence-corrected chi connectivity index (χ1v) is 6.98. The molecular formula is C11H14FNO4S. The summed E-state index contributed by atoms with van der Waals surface area (Å²) >= 11 is 0. The number of benzene rings is 1. The van der Waals surface area contributed by atoms with Gasteiger partial charge in [-0.15, -0.1) is 0 Å². The van der Waals surface area contributed by atoms with E-state index in [9.17, 15) is 17.6 Å². The first kappa shape index (κ1) is 14.4. The van der Waals surface area contributed by atoms with E-state index < -0.39 is 33.1 Å². The Labute approximate surface area is 105 Å². The highest BCUT2D eigenvalue weighted by atomic mass is 32.2. The predicted molar refractivity (Wildman–Crippen MR) is 64.9 cm³/mol. The van der Waals surface area contributed by atoms with Crippen molar-refractivity contribution >= 4 is 21.5 Å². The number of sulfone groups is 1. The average molecular weight is 275 g/mol. The fourth-order valence-electron chi connectivity index (χ4n) is 1.36.